The number of hydrogen-bond donors (Lipinski definition) is 2. The zero-order chi connectivity index (χ0) is 15.7. The summed E-state index contributed by atoms with van der Waals surface area (Å²) in [6.45, 7) is 1.68. The number of H-pyrrole nitrogens is 1. The lowest BCUT2D eigenvalue weighted by atomic mass is 10.2. The average Bonchev–Trinajstić information content (AvgIpc) is 3.08. The van der Waals surface area contributed by atoms with Crippen LogP contribution < -0.4 is 5.56 Å². The van der Waals surface area contributed by atoms with Crippen molar-refractivity contribution in [1.29, 1.82) is 0 Å². The Bertz CT molecular complexity index is 877. The fourth-order valence-electron chi connectivity index (χ4n) is 2.18. The number of nitrogens with zero attached hydrogens (tertiary/aromatic N) is 2. The van der Waals surface area contributed by atoms with Gasteiger partial charge in [0.2, 0.25) is 5.13 Å². The first-order chi connectivity index (χ1) is 10.6. The summed E-state index contributed by atoms with van der Waals surface area (Å²) in [5.41, 5.74) is 2.17. The smallest absolute Gasteiger partial charge is 0.308 e. The van der Waals surface area contributed by atoms with Crippen molar-refractivity contribution in [3.8, 4) is 16.4 Å². The van der Waals surface area contributed by atoms with E-state index in [1.54, 1.807) is 6.92 Å². The van der Waals surface area contributed by atoms with E-state index in [1.165, 1.54) is 16.0 Å². The predicted octanol–water partition coefficient (Wildman–Crippen LogP) is 2.22. The summed E-state index contributed by atoms with van der Waals surface area (Å²) in [5, 5.41) is 14.1. The number of aryl methyl sites for hydroxylation is 1. The molecule has 1 aromatic carbocycles. The number of aliphatic carboxylic acids is 1. The van der Waals surface area contributed by atoms with Gasteiger partial charge in [-0.1, -0.05) is 30.3 Å². The minimum absolute atomic E-state index is 0.254. The summed E-state index contributed by atoms with van der Waals surface area (Å²) >= 11 is 1.33. The summed E-state index contributed by atoms with van der Waals surface area (Å²) in [6, 6.07) is 9.65. The molecule has 22 heavy (non-hydrogen) atoms. The number of rotatable bonds is 4. The zero-order valence-corrected chi connectivity index (χ0v) is 12.6. The van der Waals surface area contributed by atoms with E-state index in [4.69, 9.17) is 5.11 Å². The fraction of sp³-hybridized carbons (Fsp3) is 0.133. The minimum Gasteiger partial charge on any atom is -0.481 e. The maximum absolute atomic E-state index is 12.3. The second-order valence-corrected chi connectivity index (χ2v) is 5.64. The molecule has 0 aliphatic carbocycles. The number of carboxylic acid groups (broad SMARTS) is 1. The summed E-state index contributed by atoms with van der Waals surface area (Å²) in [6.07, 6.45) is -0.301. The van der Waals surface area contributed by atoms with Crippen LogP contribution in [-0.2, 0) is 11.2 Å². The molecule has 0 amide bonds. The number of aromatic amines is 1. The molecule has 0 spiro atoms. The SMILES string of the molecule is Cc1[nH]n(-c2nc(-c3ccccc3)cs2)c(=O)c1CC(=O)O. The summed E-state index contributed by atoms with van der Waals surface area (Å²) in [4.78, 5) is 27.6. The molecular formula is C15H13N3O3S. The molecule has 112 valence electrons. The van der Waals surface area contributed by atoms with Crippen LogP contribution in [0.15, 0.2) is 40.5 Å². The van der Waals surface area contributed by atoms with Crippen molar-refractivity contribution in [1.82, 2.24) is 14.8 Å². The molecular weight excluding hydrogens is 302 g/mol. The van der Waals surface area contributed by atoms with Crippen molar-refractivity contribution >= 4 is 17.3 Å². The Kier molecular flexibility index (Phi) is 3.64. The van der Waals surface area contributed by atoms with Gasteiger partial charge < -0.3 is 5.11 Å². The third-order valence-corrected chi connectivity index (χ3v) is 4.10. The number of carbonyl (C=O) groups is 1. The molecule has 0 radical (unpaired) electrons. The number of carboxylic acids is 1. The first-order valence-corrected chi connectivity index (χ1v) is 7.48. The van der Waals surface area contributed by atoms with Gasteiger partial charge in [-0.25, -0.2) is 4.98 Å². The molecule has 0 unspecified atom stereocenters. The first-order valence-electron chi connectivity index (χ1n) is 6.60. The van der Waals surface area contributed by atoms with Gasteiger partial charge in [0.05, 0.1) is 17.7 Å². The fourth-order valence-corrected chi connectivity index (χ4v) is 2.97. The summed E-state index contributed by atoms with van der Waals surface area (Å²) < 4.78 is 1.30. The summed E-state index contributed by atoms with van der Waals surface area (Å²) in [5.74, 6) is -1.03. The lowest BCUT2D eigenvalue weighted by molar-refractivity contribution is -0.136. The van der Waals surface area contributed by atoms with E-state index in [0.29, 0.717) is 10.8 Å². The molecule has 7 heteroatoms. The van der Waals surface area contributed by atoms with Gasteiger partial charge in [-0.3, -0.25) is 14.7 Å². The van der Waals surface area contributed by atoms with Gasteiger partial charge in [-0.05, 0) is 6.92 Å². The molecule has 0 fully saturated rings. The molecule has 0 saturated heterocycles. The van der Waals surface area contributed by atoms with E-state index < -0.39 is 5.97 Å². The molecule has 3 aromatic rings. The van der Waals surface area contributed by atoms with Crippen molar-refractivity contribution < 1.29 is 9.90 Å². The minimum atomic E-state index is -1.03. The first kappa shape index (κ1) is 14.3. The number of thiazole rings is 1. The maximum Gasteiger partial charge on any atom is 0.308 e. The number of nitrogens with one attached hydrogen (secondary N) is 1. The van der Waals surface area contributed by atoms with Crippen LogP contribution in [0.3, 0.4) is 0 Å². The van der Waals surface area contributed by atoms with Crippen LogP contribution in [0, 0.1) is 6.92 Å². The van der Waals surface area contributed by atoms with Gasteiger partial charge in [-0.2, -0.15) is 4.68 Å². The average molecular weight is 315 g/mol. The summed E-state index contributed by atoms with van der Waals surface area (Å²) in [7, 11) is 0. The lowest BCUT2D eigenvalue weighted by Crippen LogP contribution is -2.19. The topological polar surface area (TPSA) is 88.0 Å². The van der Waals surface area contributed by atoms with E-state index >= 15 is 0 Å². The van der Waals surface area contributed by atoms with Crippen LogP contribution in [0.1, 0.15) is 11.3 Å². The van der Waals surface area contributed by atoms with Gasteiger partial charge in [-0.15, -0.1) is 11.3 Å². The Morgan fingerprint density at radius 1 is 1.36 bits per heavy atom. The Labute approximate surface area is 129 Å². The van der Waals surface area contributed by atoms with Crippen molar-refractivity contribution in [2.24, 2.45) is 0 Å². The molecule has 2 heterocycles. The van der Waals surface area contributed by atoms with Crippen LogP contribution >= 0.6 is 11.3 Å². The number of aromatic nitrogens is 3. The highest BCUT2D eigenvalue weighted by atomic mass is 32.1. The van der Waals surface area contributed by atoms with Crippen molar-refractivity contribution in [3.63, 3.8) is 0 Å². The highest BCUT2D eigenvalue weighted by Gasteiger charge is 2.17. The third kappa shape index (κ3) is 2.58. The Hall–Kier alpha value is -2.67. The molecule has 0 aliphatic heterocycles. The van der Waals surface area contributed by atoms with E-state index in [9.17, 15) is 9.59 Å². The molecule has 2 N–H and O–H groups in total. The van der Waals surface area contributed by atoms with Gasteiger partial charge in [0.1, 0.15) is 0 Å². The van der Waals surface area contributed by atoms with E-state index in [2.05, 4.69) is 10.1 Å². The Morgan fingerprint density at radius 3 is 2.77 bits per heavy atom. The van der Waals surface area contributed by atoms with Crippen molar-refractivity contribution in [3.05, 3.63) is 57.3 Å². The van der Waals surface area contributed by atoms with E-state index in [1.807, 2.05) is 35.7 Å². The van der Waals surface area contributed by atoms with Crippen LogP contribution in [0.4, 0.5) is 0 Å². The molecule has 0 saturated carbocycles. The van der Waals surface area contributed by atoms with Crippen LogP contribution in [0.5, 0.6) is 0 Å². The van der Waals surface area contributed by atoms with Crippen molar-refractivity contribution in [2.45, 2.75) is 13.3 Å². The normalized spacial score (nSPS) is 10.8. The molecule has 6 nitrogen and oxygen atoms in total. The predicted molar refractivity (Wildman–Crippen MR) is 83.6 cm³/mol. The largest absolute Gasteiger partial charge is 0.481 e. The van der Waals surface area contributed by atoms with Crippen LogP contribution in [0.25, 0.3) is 16.4 Å². The quantitative estimate of drug-likeness (QED) is 0.773. The van der Waals surface area contributed by atoms with Gasteiger partial charge >= 0.3 is 5.97 Å². The van der Waals surface area contributed by atoms with Gasteiger partial charge in [0, 0.05) is 16.6 Å². The van der Waals surface area contributed by atoms with E-state index in [-0.39, 0.29) is 17.5 Å². The maximum atomic E-state index is 12.3. The Morgan fingerprint density at radius 2 is 2.09 bits per heavy atom. The van der Waals surface area contributed by atoms with Crippen molar-refractivity contribution in [2.75, 3.05) is 0 Å². The van der Waals surface area contributed by atoms with E-state index in [0.717, 1.165) is 11.3 Å². The second kappa shape index (κ2) is 5.61. The Balaban J connectivity index is 2.01. The highest BCUT2D eigenvalue weighted by Crippen LogP contribution is 2.23. The molecule has 0 bridgehead atoms. The van der Waals surface area contributed by atoms with Crippen LogP contribution in [-0.4, -0.2) is 25.8 Å². The number of benzene rings is 1. The van der Waals surface area contributed by atoms with Gasteiger partial charge in [0.25, 0.3) is 5.56 Å². The third-order valence-electron chi connectivity index (χ3n) is 3.27. The lowest BCUT2D eigenvalue weighted by Gasteiger charge is -1.96. The second-order valence-electron chi connectivity index (χ2n) is 4.81. The molecule has 3 rings (SSSR count). The van der Waals surface area contributed by atoms with Gasteiger partial charge in [0.15, 0.2) is 0 Å². The molecule has 0 aliphatic rings. The molecule has 2 aromatic heterocycles. The highest BCUT2D eigenvalue weighted by molar-refractivity contribution is 7.12. The standard InChI is InChI=1S/C15H13N3O3S/c1-9-11(7-13(19)20)14(21)18(17-9)15-16-12(8-22-15)10-5-3-2-4-6-10/h2-6,8,17H,7H2,1H3,(H,19,20). The van der Waals surface area contributed by atoms with Crippen LogP contribution in [0.2, 0.25) is 0 Å². The number of hydrogen-bond acceptors (Lipinski definition) is 4. The zero-order valence-electron chi connectivity index (χ0n) is 11.7. The molecule has 0 atom stereocenters. The monoisotopic (exact) mass is 315 g/mol.